The topological polar surface area (TPSA) is 57.6 Å². The average molecular weight is 328 g/mol. The van der Waals surface area contributed by atoms with Crippen molar-refractivity contribution in [3.63, 3.8) is 0 Å². The maximum atomic E-state index is 5.10. The molecule has 2 aromatic rings. The van der Waals surface area contributed by atoms with Crippen molar-refractivity contribution < 1.29 is 4.74 Å². The Bertz CT molecular complexity index is 652. The van der Waals surface area contributed by atoms with E-state index >= 15 is 0 Å². The van der Waals surface area contributed by atoms with Gasteiger partial charge in [0, 0.05) is 65.1 Å². The number of hydrogen-bond acceptors (Lipinski definition) is 7. The molecule has 1 aliphatic rings. The summed E-state index contributed by atoms with van der Waals surface area (Å²) in [7, 11) is 5.62. The largest absolute Gasteiger partial charge is 0.481 e. The fourth-order valence-corrected chi connectivity index (χ4v) is 2.77. The van der Waals surface area contributed by atoms with Gasteiger partial charge in [-0.2, -0.15) is 0 Å². The van der Waals surface area contributed by atoms with Crippen molar-refractivity contribution >= 4 is 11.6 Å². The molecule has 1 fully saturated rings. The van der Waals surface area contributed by atoms with Crippen molar-refractivity contribution in [2.45, 2.75) is 6.54 Å². The summed E-state index contributed by atoms with van der Waals surface area (Å²) in [6.45, 7) is 4.86. The fourth-order valence-electron chi connectivity index (χ4n) is 2.77. The van der Waals surface area contributed by atoms with E-state index in [0.717, 1.165) is 44.4 Å². The number of rotatable bonds is 5. The summed E-state index contributed by atoms with van der Waals surface area (Å²) in [5.74, 6) is 2.59. The SMILES string of the molecule is COc1ccc(CN2CCN(c3cc(N(C)C)ncn3)CC2)cn1. The van der Waals surface area contributed by atoms with Gasteiger partial charge in [0.05, 0.1) is 7.11 Å². The highest BCUT2D eigenvalue weighted by molar-refractivity contribution is 5.49. The third kappa shape index (κ3) is 3.91. The highest BCUT2D eigenvalue weighted by atomic mass is 16.5. The average Bonchev–Trinajstić information content (AvgIpc) is 2.63. The molecule has 3 heterocycles. The molecule has 0 unspecified atom stereocenters. The standard InChI is InChI=1S/C17H24N6O/c1-21(2)15-10-16(20-13-19-15)23-8-6-22(7-9-23)12-14-4-5-17(24-3)18-11-14/h4-5,10-11,13H,6-9,12H2,1-3H3. The van der Waals surface area contributed by atoms with Crippen LogP contribution in [0.5, 0.6) is 5.88 Å². The number of anilines is 2. The van der Waals surface area contributed by atoms with Gasteiger partial charge >= 0.3 is 0 Å². The van der Waals surface area contributed by atoms with Gasteiger partial charge in [-0.15, -0.1) is 0 Å². The maximum Gasteiger partial charge on any atom is 0.212 e. The van der Waals surface area contributed by atoms with Gasteiger partial charge in [-0.1, -0.05) is 6.07 Å². The van der Waals surface area contributed by atoms with E-state index in [4.69, 9.17) is 4.74 Å². The van der Waals surface area contributed by atoms with Crippen molar-refractivity contribution in [1.82, 2.24) is 19.9 Å². The second-order valence-electron chi connectivity index (χ2n) is 6.10. The van der Waals surface area contributed by atoms with Crippen molar-refractivity contribution in [3.8, 4) is 5.88 Å². The number of nitrogens with zero attached hydrogens (tertiary/aromatic N) is 6. The van der Waals surface area contributed by atoms with Gasteiger partial charge in [-0.25, -0.2) is 15.0 Å². The zero-order chi connectivity index (χ0) is 16.9. The molecule has 0 atom stereocenters. The Balaban J connectivity index is 1.56. The van der Waals surface area contributed by atoms with Crippen molar-refractivity contribution in [2.75, 3.05) is 57.2 Å². The number of piperazine rings is 1. The smallest absolute Gasteiger partial charge is 0.212 e. The van der Waals surface area contributed by atoms with E-state index in [0.29, 0.717) is 5.88 Å². The third-order valence-corrected chi connectivity index (χ3v) is 4.21. The monoisotopic (exact) mass is 328 g/mol. The first-order chi connectivity index (χ1) is 11.7. The Hall–Kier alpha value is -2.41. The summed E-state index contributed by atoms with van der Waals surface area (Å²) < 4.78 is 5.10. The molecule has 0 aliphatic carbocycles. The molecular weight excluding hydrogens is 304 g/mol. The molecule has 0 amide bonds. The van der Waals surface area contributed by atoms with E-state index in [1.807, 2.05) is 37.3 Å². The normalized spacial score (nSPS) is 15.4. The summed E-state index contributed by atoms with van der Waals surface area (Å²) in [6.07, 6.45) is 3.53. The molecule has 3 rings (SSSR count). The molecule has 128 valence electrons. The van der Waals surface area contributed by atoms with Gasteiger partial charge in [0.2, 0.25) is 5.88 Å². The summed E-state index contributed by atoms with van der Waals surface area (Å²) in [4.78, 5) is 19.7. The van der Waals surface area contributed by atoms with Crippen LogP contribution in [0.3, 0.4) is 0 Å². The first-order valence-corrected chi connectivity index (χ1v) is 8.11. The molecule has 0 aromatic carbocycles. The summed E-state index contributed by atoms with van der Waals surface area (Å²) in [6, 6.07) is 6.03. The van der Waals surface area contributed by atoms with Crippen molar-refractivity contribution in [3.05, 3.63) is 36.3 Å². The zero-order valence-corrected chi connectivity index (χ0v) is 14.5. The third-order valence-electron chi connectivity index (χ3n) is 4.21. The summed E-state index contributed by atoms with van der Waals surface area (Å²) in [5, 5.41) is 0. The number of methoxy groups -OCH3 is 1. The van der Waals surface area contributed by atoms with Gasteiger partial charge in [-0.05, 0) is 5.56 Å². The van der Waals surface area contributed by atoms with Gasteiger partial charge in [-0.3, -0.25) is 4.90 Å². The highest BCUT2D eigenvalue weighted by Crippen LogP contribution is 2.18. The zero-order valence-electron chi connectivity index (χ0n) is 14.5. The predicted octanol–water partition coefficient (Wildman–Crippen LogP) is 1.27. The molecule has 0 bridgehead atoms. The molecule has 0 spiro atoms. The van der Waals surface area contributed by atoms with Crippen LogP contribution in [0.25, 0.3) is 0 Å². The first-order valence-electron chi connectivity index (χ1n) is 8.11. The lowest BCUT2D eigenvalue weighted by Gasteiger charge is -2.35. The summed E-state index contributed by atoms with van der Waals surface area (Å²) in [5.41, 5.74) is 1.21. The van der Waals surface area contributed by atoms with E-state index in [1.54, 1.807) is 13.4 Å². The van der Waals surface area contributed by atoms with E-state index < -0.39 is 0 Å². The predicted molar refractivity (Wildman–Crippen MR) is 94.6 cm³/mol. The Morgan fingerprint density at radius 3 is 2.50 bits per heavy atom. The van der Waals surface area contributed by atoms with E-state index in [-0.39, 0.29) is 0 Å². The van der Waals surface area contributed by atoms with Crippen molar-refractivity contribution in [1.29, 1.82) is 0 Å². The highest BCUT2D eigenvalue weighted by Gasteiger charge is 2.19. The quantitative estimate of drug-likeness (QED) is 0.819. The fraction of sp³-hybridized carbons (Fsp3) is 0.471. The van der Waals surface area contributed by atoms with Crippen LogP contribution in [0.1, 0.15) is 5.56 Å². The molecule has 7 nitrogen and oxygen atoms in total. The van der Waals surface area contributed by atoms with Gasteiger partial charge in [0.25, 0.3) is 0 Å². The molecule has 1 aliphatic heterocycles. The molecule has 7 heteroatoms. The molecule has 0 radical (unpaired) electrons. The molecule has 2 aromatic heterocycles. The van der Waals surface area contributed by atoms with E-state index in [9.17, 15) is 0 Å². The number of aromatic nitrogens is 3. The van der Waals surface area contributed by atoms with Gasteiger partial charge < -0.3 is 14.5 Å². The minimum atomic E-state index is 0.657. The molecular formula is C17H24N6O. The van der Waals surface area contributed by atoms with Crippen LogP contribution in [-0.2, 0) is 6.54 Å². The van der Waals surface area contributed by atoms with E-state index in [2.05, 4.69) is 30.8 Å². The minimum absolute atomic E-state index is 0.657. The van der Waals surface area contributed by atoms with Gasteiger partial charge in [0.1, 0.15) is 18.0 Å². The van der Waals surface area contributed by atoms with Crippen LogP contribution < -0.4 is 14.5 Å². The minimum Gasteiger partial charge on any atom is -0.481 e. The Kier molecular flexibility index (Phi) is 5.10. The first kappa shape index (κ1) is 16.4. The molecule has 1 saturated heterocycles. The van der Waals surface area contributed by atoms with Crippen LogP contribution in [0.4, 0.5) is 11.6 Å². The van der Waals surface area contributed by atoms with Crippen LogP contribution >= 0.6 is 0 Å². The van der Waals surface area contributed by atoms with Crippen LogP contribution in [-0.4, -0.2) is 67.2 Å². The Morgan fingerprint density at radius 1 is 1.08 bits per heavy atom. The Labute approximate surface area is 142 Å². The second kappa shape index (κ2) is 7.44. The number of hydrogen-bond donors (Lipinski definition) is 0. The molecule has 0 saturated carbocycles. The van der Waals surface area contributed by atoms with Gasteiger partial charge in [0.15, 0.2) is 0 Å². The number of ether oxygens (including phenoxy) is 1. The second-order valence-corrected chi connectivity index (χ2v) is 6.10. The maximum absolute atomic E-state index is 5.10. The lowest BCUT2D eigenvalue weighted by Crippen LogP contribution is -2.46. The van der Waals surface area contributed by atoms with Crippen LogP contribution in [0, 0.1) is 0 Å². The molecule has 0 N–H and O–H groups in total. The summed E-state index contributed by atoms with van der Waals surface area (Å²) >= 11 is 0. The Morgan fingerprint density at radius 2 is 1.88 bits per heavy atom. The lowest BCUT2D eigenvalue weighted by atomic mass is 10.2. The van der Waals surface area contributed by atoms with Crippen LogP contribution in [0.15, 0.2) is 30.7 Å². The lowest BCUT2D eigenvalue weighted by molar-refractivity contribution is 0.249. The van der Waals surface area contributed by atoms with Crippen molar-refractivity contribution in [2.24, 2.45) is 0 Å². The van der Waals surface area contributed by atoms with Crippen LogP contribution in [0.2, 0.25) is 0 Å². The van der Waals surface area contributed by atoms with E-state index in [1.165, 1.54) is 5.56 Å². The number of pyridine rings is 1. The molecule has 24 heavy (non-hydrogen) atoms.